The lowest BCUT2D eigenvalue weighted by atomic mass is 10.0. The van der Waals surface area contributed by atoms with Crippen molar-refractivity contribution >= 4 is 15.9 Å². The van der Waals surface area contributed by atoms with Gasteiger partial charge in [0.2, 0.25) is 10.0 Å². The molecule has 2 heterocycles. The standard InChI is InChI=1S/C23H24N4O5S/c28-23(26-29)22-15-20-21(25-13-12-24-20)16-27(22)33(30,31)19-10-8-18(9-11-19)32-14-4-7-17-5-2-1-3-6-17/h1-3,5-6,8-13,22,29H,4,7,14-16H2,(H,26,28). The summed E-state index contributed by atoms with van der Waals surface area (Å²) in [6.45, 7) is 0.378. The second-order valence-electron chi connectivity index (χ2n) is 7.60. The molecule has 33 heavy (non-hydrogen) atoms. The monoisotopic (exact) mass is 468 g/mol. The minimum absolute atomic E-state index is 0.0113. The van der Waals surface area contributed by atoms with Gasteiger partial charge in [0.1, 0.15) is 11.8 Å². The van der Waals surface area contributed by atoms with Crippen LogP contribution in [0.25, 0.3) is 0 Å². The molecule has 2 N–H and O–H groups in total. The molecule has 9 nitrogen and oxygen atoms in total. The van der Waals surface area contributed by atoms with Crippen molar-refractivity contribution in [3.63, 3.8) is 0 Å². The number of carbonyl (C=O) groups is 1. The Balaban J connectivity index is 1.45. The SMILES string of the molecule is O=C(NO)C1Cc2nccnc2CN1S(=O)(=O)c1ccc(OCCCc2ccccc2)cc1. The number of ether oxygens (including phenoxy) is 1. The Labute approximate surface area is 192 Å². The molecule has 0 spiro atoms. The van der Waals surface area contributed by atoms with Crippen molar-refractivity contribution < 1.29 is 23.2 Å². The van der Waals surface area contributed by atoms with E-state index in [1.807, 2.05) is 18.2 Å². The van der Waals surface area contributed by atoms with E-state index in [1.165, 1.54) is 30.1 Å². The number of hydrogen-bond acceptors (Lipinski definition) is 7. The zero-order chi connectivity index (χ0) is 23.3. The highest BCUT2D eigenvalue weighted by atomic mass is 32.2. The number of hydroxylamine groups is 1. The molecule has 10 heteroatoms. The fourth-order valence-electron chi connectivity index (χ4n) is 3.75. The molecule has 0 fully saturated rings. The van der Waals surface area contributed by atoms with Gasteiger partial charge < -0.3 is 4.74 Å². The summed E-state index contributed by atoms with van der Waals surface area (Å²) in [6.07, 6.45) is 4.68. The van der Waals surface area contributed by atoms with Crippen molar-refractivity contribution in [3.8, 4) is 5.75 Å². The Hall–Kier alpha value is -3.34. The Morgan fingerprint density at radius 3 is 2.45 bits per heavy atom. The predicted octanol–water partition coefficient (Wildman–Crippen LogP) is 2.11. The average Bonchev–Trinajstić information content (AvgIpc) is 2.86. The molecular weight excluding hydrogens is 444 g/mol. The molecule has 2 aromatic carbocycles. The van der Waals surface area contributed by atoms with Gasteiger partial charge >= 0.3 is 0 Å². The van der Waals surface area contributed by atoms with E-state index in [4.69, 9.17) is 9.94 Å². The fourth-order valence-corrected chi connectivity index (χ4v) is 5.29. The highest BCUT2D eigenvalue weighted by molar-refractivity contribution is 7.89. The van der Waals surface area contributed by atoms with Crippen LogP contribution in [0.3, 0.4) is 0 Å². The maximum absolute atomic E-state index is 13.3. The average molecular weight is 469 g/mol. The lowest BCUT2D eigenvalue weighted by Crippen LogP contribution is -2.52. The molecule has 1 aliphatic rings. The van der Waals surface area contributed by atoms with E-state index in [9.17, 15) is 13.2 Å². The first-order valence-corrected chi connectivity index (χ1v) is 11.9. The van der Waals surface area contributed by atoms with E-state index in [-0.39, 0.29) is 17.9 Å². The Morgan fingerprint density at radius 2 is 1.76 bits per heavy atom. The fraction of sp³-hybridized carbons (Fsp3) is 0.261. The van der Waals surface area contributed by atoms with Gasteiger partial charge in [0.25, 0.3) is 5.91 Å². The van der Waals surface area contributed by atoms with Crippen LogP contribution in [-0.4, -0.2) is 46.5 Å². The molecule has 1 aromatic heterocycles. The lowest BCUT2D eigenvalue weighted by molar-refractivity contribution is -0.133. The van der Waals surface area contributed by atoms with Crippen molar-refractivity contribution in [1.29, 1.82) is 0 Å². The number of hydrogen-bond donors (Lipinski definition) is 2. The highest BCUT2D eigenvalue weighted by Gasteiger charge is 2.40. The summed E-state index contributed by atoms with van der Waals surface area (Å²) < 4.78 is 33.4. The number of nitrogens with zero attached hydrogens (tertiary/aromatic N) is 3. The summed E-state index contributed by atoms with van der Waals surface area (Å²) in [4.78, 5) is 20.6. The molecule has 0 saturated heterocycles. The predicted molar refractivity (Wildman–Crippen MR) is 119 cm³/mol. The highest BCUT2D eigenvalue weighted by Crippen LogP contribution is 2.28. The van der Waals surface area contributed by atoms with Crippen LogP contribution in [0, 0.1) is 0 Å². The number of carbonyl (C=O) groups excluding carboxylic acids is 1. The zero-order valence-electron chi connectivity index (χ0n) is 17.8. The molecule has 1 aliphatic heterocycles. The molecule has 0 aliphatic carbocycles. The van der Waals surface area contributed by atoms with Gasteiger partial charge in [-0.25, -0.2) is 13.9 Å². The normalized spacial score (nSPS) is 16.1. The summed E-state index contributed by atoms with van der Waals surface area (Å²) in [7, 11) is -4.05. The minimum Gasteiger partial charge on any atom is -0.494 e. The smallest absolute Gasteiger partial charge is 0.262 e. The Bertz CT molecular complexity index is 1200. The number of benzene rings is 2. The van der Waals surface area contributed by atoms with Crippen LogP contribution in [0.4, 0.5) is 0 Å². The van der Waals surface area contributed by atoms with Gasteiger partial charge in [-0.2, -0.15) is 4.31 Å². The number of amides is 1. The summed E-state index contributed by atoms with van der Waals surface area (Å²) in [5.41, 5.74) is 3.79. The van der Waals surface area contributed by atoms with Crippen molar-refractivity contribution in [1.82, 2.24) is 19.8 Å². The van der Waals surface area contributed by atoms with Crippen LogP contribution in [-0.2, 0) is 34.2 Å². The van der Waals surface area contributed by atoms with Gasteiger partial charge in [-0.15, -0.1) is 0 Å². The maximum atomic E-state index is 13.3. The number of aryl methyl sites for hydroxylation is 1. The van der Waals surface area contributed by atoms with E-state index >= 15 is 0 Å². The summed E-state index contributed by atoms with van der Waals surface area (Å²) in [5, 5.41) is 9.13. The van der Waals surface area contributed by atoms with Gasteiger partial charge in [-0.3, -0.25) is 20.0 Å². The minimum atomic E-state index is -4.05. The third-order valence-corrected chi connectivity index (χ3v) is 7.33. The number of nitrogens with one attached hydrogen (secondary N) is 1. The van der Waals surface area contributed by atoms with Crippen molar-refractivity contribution in [2.45, 2.75) is 36.7 Å². The number of sulfonamides is 1. The zero-order valence-corrected chi connectivity index (χ0v) is 18.6. The molecule has 4 rings (SSSR count). The summed E-state index contributed by atoms with van der Waals surface area (Å²) in [5.74, 6) is -0.269. The number of aromatic nitrogens is 2. The molecule has 3 aromatic rings. The summed E-state index contributed by atoms with van der Waals surface area (Å²) >= 11 is 0. The quantitative estimate of drug-likeness (QED) is 0.295. The van der Waals surface area contributed by atoms with E-state index in [1.54, 1.807) is 17.6 Å². The number of fused-ring (bicyclic) bond motifs is 1. The molecule has 172 valence electrons. The Kier molecular flexibility index (Phi) is 6.97. The van der Waals surface area contributed by atoms with Gasteiger partial charge in [0, 0.05) is 18.8 Å². The van der Waals surface area contributed by atoms with Crippen LogP contribution in [0.5, 0.6) is 5.75 Å². The maximum Gasteiger partial charge on any atom is 0.262 e. The van der Waals surface area contributed by atoms with Crippen molar-refractivity contribution in [2.24, 2.45) is 0 Å². The van der Waals surface area contributed by atoms with Crippen LogP contribution < -0.4 is 10.2 Å². The van der Waals surface area contributed by atoms with Crippen molar-refractivity contribution in [3.05, 3.63) is 83.9 Å². The van der Waals surface area contributed by atoms with Crippen LogP contribution in [0.2, 0.25) is 0 Å². The largest absolute Gasteiger partial charge is 0.494 e. The van der Waals surface area contributed by atoms with E-state index < -0.39 is 22.0 Å². The first-order chi connectivity index (χ1) is 16.0. The lowest BCUT2D eigenvalue weighted by Gasteiger charge is -2.33. The second kappa shape index (κ2) is 10.1. The van der Waals surface area contributed by atoms with Crippen LogP contribution >= 0.6 is 0 Å². The first kappa shape index (κ1) is 22.8. The Morgan fingerprint density at radius 1 is 1.06 bits per heavy atom. The van der Waals surface area contributed by atoms with Crippen LogP contribution in [0.15, 0.2) is 71.9 Å². The van der Waals surface area contributed by atoms with Gasteiger partial charge in [0.15, 0.2) is 0 Å². The second-order valence-corrected chi connectivity index (χ2v) is 9.50. The van der Waals surface area contributed by atoms with Gasteiger partial charge in [-0.05, 0) is 42.7 Å². The first-order valence-electron chi connectivity index (χ1n) is 10.5. The molecule has 1 unspecified atom stereocenters. The molecular formula is C23H24N4O5S. The van der Waals surface area contributed by atoms with Crippen LogP contribution in [0.1, 0.15) is 23.4 Å². The third kappa shape index (κ3) is 5.19. The van der Waals surface area contributed by atoms with E-state index in [0.29, 0.717) is 23.7 Å². The van der Waals surface area contributed by atoms with E-state index in [0.717, 1.165) is 17.1 Å². The number of rotatable bonds is 8. The van der Waals surface area contributed by atoms with Gasteiger partial charge in [0.05, 0.1) is 29.4 Å². The van der Waals surface area contributed by atoms with E-state index in [2.05, 4.69) is 22.1 Å². The topological polar surface area (TPSA) is 122 Å². The molecule has 0 radical (unpaired) electrons. The molecule has 1 atom stereocenters. The summed E-state index contributed by atoms with van der Waals surface area (Å²) in [6, 6.07) is 15.0. The van der Waals surface area contributed by atoms with Gasteiger partial charge in [-0.1, -0.05) is 30.3 Å². The molecule has 1 amide bonds. The third-order valence-electron chi connectivity index (χ3n) is 5.46. The van der Waals surface area contributed by atoms with Crippen molar-refractivity contribution in [2.75, 3.05) is 6.61 Å². The molecule has 0 saturated carbocycles. The molecule has 0 bridgehead atoms.